The fraction of sp³-hybridized carbons (Fsp3) is 0.136. The molecule has 0 aliphatic heterocycles. The van der Waals surface area contributed by atoms with Gasteiger partial charge in [0.25, 0.3) is 0 Å². The molecule has 0 amide bonds. The number of nitrogens with zero attached hydrogens (tertiary/aromatic N) is 4. The summed E-state index contributed by atoms with van der Waals surface area (Å²) in [7, 11) is 3.30. The number of furan rings is 1. The maximum atomic E-state index is 6.22. The van der Waals surface area contributed by atoms with Crippen LogP contribution in [0.2, 0.25) is 0 Å². The lowest BCUT2D eigenvalue weighted by Gasteiger charge is -2.06. The Labute approximate surface area is 166 Å². The van der Waals surface area contributed by atoms with Crippen LogP contribution in [0.15, 0.2) is 59.3 Å². The zero-order valence-corrected chi connectivity index (χ0v) is 16.2. The first-order valence-electron chi connectivity index (χ1n) is 9.11. The Kier molecular flexibility index (Phi) is 3.94. The van der Waals surface area contributed by atoms with Gasteiger partial charge in [0.2, 0.25) is 5.71 Å². The van der Waals surface area contributed by atoms with Crippen LogP contribution in [0, 0.1) is 6.92 Å². The van der Waals surface area contributed by atoms with E-state index in [1.54, 1.807) is 25.1 Å². The van der Waals surface area contributed by atoms with Crippen molar-refractivity contribution in [2.75, 3.05) is 14.2 Å². The summed E-state index contributed by atoms with van der Waals surface area (Å²) in [5.74, 6) is 2.96. The third kappa shape index (κ3) is 2.79. The van der Waals surface area contributed by atoms with Crippen LogP contribution in [0.5, 0.6) is 11.5 Å². The quantitative estimate of drug-likeness (QED) is 0.452. The molecule has 0 saturated heterocycles. The van der Waals surface area contributed by atoms with Gasteiger partial charge in [-0.3, -0.25) is 0 Å². The lowest BCUT2D eigenvalue weighted by Crippen LogP contribution is -1.90. The predicted octanol–water partition coefficient (Wildman–Crippen LogP) is 4.53. The number of aromatic nitrogens is 4. The Morgan fingerprint density at radius 2 is 1.48 bits per heavy atom. The highest BCUT2D eigenvalue weighted by atomic mass is 16.5. The minimum Gasteiger partial charge on any atom is -0.497 e. The van der Waals surface area contributed by atoms with Crippen molar-refractivity contribution < 1.29 is 13.9 Å². The third-order valence-electron chi connectivity index (χ3n) is 4.87. The number of benzene rings is 2. The number of hydrogen-bond acceptors (Lipinski definition) is 6. The number of fused-ring (bicyclic) bond motifs is 3. The molecule has 0 fully saturated rings. The van der Waals surface area contributed by atoms with Crippen LogP contribution in [-0.2, 0) is 0 Å². The van der Waals surface area contributed by atoms with Gasteiger partial charge in [0.1, 0.15) is 29.4 Å². The van der Waals surface area contributed by atoms with Crippen molar-refractivity contribution in [2.45, 2.75) is 6.92 Å². The van der Waals surface area contributed by atoms with Gasteiger partial charge in [-0.05, 0) is 48.9 Å². The number of methoxy groups -OCH3 is 2. The van der Waals surface area contributed by atoms with Crippen molar-refractivity contribution in [3.05, 3.63) is 60.7 Å². The average Bonchev–Trinajstić information content (AvgIpc) is 3.33. The van der Waals surface area contributed by atoms with Crippen LogP contribution in [0.1, 0.15) is 5.82 Å². The molecule has 0 bridgehead atoms. The maximum absolute atomic E-state index is 6.22. The molecule has 0 saturated carbocycles. The minimum atomic E-state index is 0.515. The van der Waals surface area contributed by atoms with E-state index < -0.39 is 0 Å². The molecular weight excluding hydrogens is 368 g/mol. The summed E-state index contributed by atoms with van der Waals surface area (Å²) in [5, 5.41) is 5.22. The van der Waals surface area contributed by atoms with Gasteiger partial charge in [0.05, 0.1) is 19.6 Å². The van der Waals surface area contributed by atoms with E-state index in [2.05, 4.69) is 15.1 Å². The normalized spacial score (nSPS) is 11.3. The van der Waals surface area contributed by atoms with E-state index in [-0.39, 0.29) is 0 Å². The van der Waals surface area contributed by atoms with Crippen molar-refractivity contribution >= 4 is 16.7 Å². The lowest BCUT2D eigenvalue weighted by atomic mass is 9.99. The molecule has 0 spiro atoms. The van der Waals surface area contributed by atoms with Gasteiger partial charge in [-0.25, -0.2) is 14.5 Å². The highest BCUT2D eigenvalue weighted by Gasteiger charge is 2.22. The van der Waals surface area contributed by atoms with Crippen LogP contribution in [-0.4, -0.2) is 33.8 Å². The number of rotatable bonds is 4. The van der Waals surface area contributed by atoms with E-state index in [9.17, 15) is 0 Å². The Morgan fingerprint density at radius 1 is 0.862 bits per heavy atom. The second-order valence-electron chi connectivity index (χ2n) is 6.62. The Balaban J connectivity index is 1.84. The zero-order chi connectivity index (χ0) is 20.0. The SMILES string of the molecule is COc1ccc(-c2oc3ncn4nc(C)nc4c3c2-c2ccc(OC)cc2)cc1. The summed E-state index contributed by atoms with van der Waals surface area (Å²) < 4.78 is 18.5. The molecule has 144 valence electrons. The molecule has 5 rings (SSSR count). The maximum Gasteiger partial charge on any atom is 0.232 e. The van der Waals surface area contributed by atoms with Gasteiger partial charge >= 0.3 is 0 Å². The summed E-state index contributed by atoms with van der Waals surface area (Å²) in [4.78, 5) is 9.07. The first-order valence-corrected chi connectivity index (χ1v) is 9.11. The topological polar surface area (TPSA) is 74.7 Å². The van der Waals surface area contributed by atoms with E-state index in [1.165, 1.54) is 0 Å². The Morgan fingerprint density at radius 3 is 2.10 bits per heavy atom. The summed E-state index contributed by atoms with van der Waals surface area (Å²) in [6.45, 7) is 1.86. The van der Waals surface area contributed by atoms with Crippen LogP contribution < -0.4 is 9.47 Å². The van der Waals surface area contributed by atoms with Gasteiger partial charge in [-0.15, -0.1) is 0 Å². The molecular formula is C22H18N4O3. The molecule has 0 atom stereocenters. The van der Waals surface area contributed by atoms with E-state index in [1.807, 2.05) is 55.5 Å². The van der Waals surface area contributed by atoms with Gasteiger partial charge < -0.3 is 13.9 Å². The predicted molar refractivity (Wildman–Crippen MR) is 109 cm³/mol. The second-order valence-corrected chi connectivity index (χ2v) is 6.62. The molecule has 3 heterocycles. The summed E-state index contributed by atoms with van der Waals surface area (Å²) in [5.41, 5.74) is 4.04. The fourth-order valence-corrected chi connectivity index (χ4v) is 3.48. The molecule has 0 unspecified atom stereocenters. The second kappa shape index (κ2) is 6.63. The lowest BCUT2D eigenvalue weighted by molar-refractivity contribution is 0.414. The van der Waals surface area contributed by atoms with Crippen LogP contribution in [0.25, 0.3) is 39.2 Å². The molecule has 5 aromatic rings. The molecule has 29 heavy (non-hydrogen) atoms. The first kappa shape index (κ1) is 17.2. The minimum absolute atomic E-state index is 0.515. The van der Waals surface area contributed by atoms with E-state index >= 15 is 0 Å². The van der Waals surface area contributed by atoms with Crippen molar-refractivity contribution in [3.63, 3.8) is 0 Å². The van der Waals surface area contributed by atoms with Crippen LogP contribution >= 0.6 is 0 Å². The van der Waals surface area contributed by atoms with Gasteiger partial charge in [0.15, 0.2) is 5.65 Å². The van der Waals surface area contributed by atoms with Crippen molar-refractivity contribution in [1.29, 1.82) is 0 Å². The number of ether oxygens (including phenoxy) is 2. The van der Waals surface area contributed by atoms with Crippen molar-refractivity contribution in [1.82, 2.24) is 19.6 Å². The summed E-state index contributed by atoms with van der Waals surface area (Å²) in [6.07, 6.45) is 1.62. The first-order chi connectivity index (χ1) is 14.2. The molecule has 0 radical (unpaired) electrons. The smallest absolute Gasteiger partial charge is 0.232 e. The van der Waals surface area contributed by atoms with E-state index in [0.717, 1.165) is 33.6 Å². The molecule has 0 aliphatic carbocycles. The third-order valence-corrected chi connectivity index (χ3v) is 4.87. The highest BCUT2D eigenvalue weighted by molar-refractivity contribution is 6.07. The van der Waals surface area contributed by atoms with E-state index in [0.29, 0.717) is 22.9 Å². The largest absolute Gasteiger partial charge is 0.497 e. The van der Waals surface area contributed by atoms with Gasteiger partial charge in [-0.2, -0.15) is 5.10 Å². The molecule has 2 aromatic carbocycles. The fourth-order valence-electron chi connectivity index (χ4n) is 3.48. The molecule has 7 heteroatoms. The highest BCUT2D eigenvalue weighted by Crippen LogP contribution is 2.42. The summed E-state index contributed by atoms with van der Waals surface area (Å²) in [6, 6.07) is 15.6. The molecule has 3 aromatic heterocycles. The Hall–Kier alpha value is -3.87. The molecule has 7 nitrogen and oxygen atoms in total. The molecule has 0 aliphatic rings. The van der Waals surface area contributed by atoms with Crippen LogP contribution in [0.3, 0.4) is 0 Å². The van der Waals surface area contributed by atoms with E-state index in [4.69, 9.17) is 13.9 Å². The molecule has 0 N–H and O–H groups in total. The Bertz CT molecular complexity index is 1320. The van der Waals surface area contributed by atoms with Gasteiger partial charge in [-0.1, -0.05) is 12.1 Å². The van der Waals surface area contributed by atoms with Gasteiger partial charge in [0, 0.05) is 11.1 Å². The van der Waals surface area contributed by atoms with Crippen molar-refractivity contribution in [3.8, 4) is 33.9 Å². The average molecular weight is 386 g/mol. The number of aryl methyl sites for hydroxylation is 1. The van der Waals surface area contributed by atoms with Crippen molar-refractivity contribution in [2.24, 2.45) is 0 Å². The monoisotopic (exact) mass is 386 g/mol. The van der Waals surface area contributed by atoms with Crippen LogP contribution in [0.4, 0.5) is 0 Å². The zero-order valence-electron chi connectivity index (χ0n) is 16.2. The summed E-state index contributed by atoms with van der Waals surface area (Å²) >= 11 is 0. The standard InChI is InChI=1S/C22H18N4O3/c1-13-24-21-19-18(14-4-8-16(27-2)9-5-14)20(15-6-10-17(28-3)11-7-15)29-22(19)23-12-26(21)25-13/h4-12H,1-3H3. The number of hydrogen-bond donors (Lipinski definition) is 0.